The average molecular weight is 598 g/mol. The monoisotopic (exact) mass is 598 g/mol. The summed E-state index contributed by atoms with van der Waals surface area (Å²) in [5.41, 5.74) is 0.313. The van der Waals surface area contributed by atoms with Crippen LogP contribution in [0.1, 0.15) is 11.1 Å². The number of halogens is 9. The van der Waals surface area contributed by atoms with Crippen molar-refractivity contribution in [3.05, 3.63) is 113 Å². The van der Waals surface area contributed by atoms with E-state index in [1.54, 1.807) is 6.07 Å². The Labute approximate surface area is 233 Å². The van der Waals surface area contributed by atoms with Crippen molar-refractivity contribution in [2.45, 2.75) is 13.0 Å². The number of rotatable bonds is 9. The number of alkyl halides is 3. The highest BCUT2D eigenvalue weighted by Crippen LogP contribution is 2.34. The lowest BCUT2D eigenvalue weighted by atomic mass is 10.0. The van der Waals surface area contributed by atoms with E-state index in [2.05, 4.69) is 9.47 Å². The van der Waals surface area contributed by atoms with E-state index in [4.69, 9.17) is 4.74 Å². The van der Waals surface area contributed by atoms with Gasteiger partial charge in [0.2, 0.25) is 5.75 Å². The molecule has 0 aliphatic heterocycles. The van der Waals surface area contributed by atoms with E-state index in [-0.39, 0.29) is 29.0 Å². The second-order valence-electron chi connectivity index (χ2n) is 8.78. The van der Waals surface area contributed by atoms with Crippen molar-refractivity contribution in [1.82, 2.24) is 0 Å². The zero-order valence-electron chi connectivity index (χ0n) is 21.5. The van der Waals surface area contributed by atoms with Crippen molar-refractivity contribution < 1.29 is 53.7 Å². The maximum atomic E-state index is 14.8. The van der Waals surface area contributed by atoms with E-state index in [0.717, 1.165) is 12.1 Å². The summed E-state index contributed by atoms with van der Waals surface area (Å²) in [5.74, 6) is -8.92. The third-order valence-corrected chi connectivity index (χ3v) is 5.90. The second-order valence-corrected chi connectivity index (χ2v) is 8.78. The van der Waals surface area contributed by atoms with Gasteiger partial charge in [0.25, 0.3) is 0 Å². The van der Waals surface area contributed by atoms with E-state index in [9.17, 15) is 39.5 Å². The van der Waals surface area contributed by atoms with E-state index in [0.29, 0.717) is 23.3 Å². The summed E-state index contributed by atoms with van der Waals surface area (Å²) in [6.07, 6.45) is -5.33. The summed E-state index contributed by atoms with van der Waals surface area (Å²) in [6, 6.07) is 14.0. The molecule has 0 aromatic heterocycles. The summed E-state index contributed by atoms with van der Waals surface area (Å²) in [6.45, 7) is -0.845. The predicted octanol–water partition coefficient (Wildman–Crippen LogP) is 9.31. The van der Waals surface area contributed by atoms with Crippen LogP contribution in [0.25, 0.3) is 28.1 Å². The van der Waals surface area contributed by atoms with Crippen LogP contribution in [-0.2, 0) is 11.3 Å². The van der Waals surface area contributed by atoms with Crippen LogP contribution >= 0.6 is 0 Å². The van der Waals surface area contributed by atoms with E-state index >= 15 is 0 Å². The highest BCUT2D eigenvalue weighted by Gasteiger charge is 2.34. The molecule has 4 rings (SSSR count). The molecule has 42 heavy (non-hydrogen) atoms. The molecule has 4 aromatic carbocycles. The van der Waals surface area contributed by atoms with Crippen LogP contribution in [0, 0.1) is 23.3 Å². The molecule has 0 bridgehead atoms. The Morgan fingerprint density at radius 2 is 1.31 bits per heavy atom. The maximum absolute atomic E-state index is 14.8. The molecule has 12 heteroatoms. The van der Waals surface area contributed by atoms with Crippen LogP contribution in [0.4, 0.5) is 39.5 Å². The first-order chi connectivity index (χ1) is 19.9. The summed E-state index contributed by atoms with van der Waals surface area (Å²) < 4.78 is 136. The minimum atomic E-state index is -5.33. The second kappa shape index (κ2) is 12.6. The van der Waals surface area contributed by atoms with E-state index in [1.807, 2.05) is 0 Å². The maximum Gasteiger partial charge on any atom is 0.573 e. The summed E-state index contributed by atoms with van der Waals surface area (Å²) in [5, 5.41) is 0. The van der Waals surface area contributed by atoms with Gasteiger partial charge in [-0.15, -0.1) is 13.2 Å². The number of hydrogen-bond acceptors (Lipinski definition) is 3. The van der Waals surface area contributed by atoms with Gasteiger partial charge in [0, 0.05) is 29.9 Å². The van der Waals surface area contributed by atoms with Gasteiger partial charge in [-0.2, -0.15) is 0 Å². The normalized spacial score (nSPS) is 12.2. The minimum absolute atomic E-state index is 0.0141. The molecule has 0 spiro atoms. The summed E-state index contributed by atoms with van der Waals surface area (Å²) >= 11 is 0. The third kappa shape index (κ3) is 7.24. The molecular weight excluding hydrogens is 579 g/mol. The molecule has 0 atom stereocenters. The van der Waals surface area contributed by atoms with Crippen molar-refractivity contribution in [3.8, 4) is 33.8 Å². The Morgan fingerprint density at radius 1 is 0.690 bits per heavy atom. The van der Waals surface area contributed by atoms with Crippen molar-refractivity contribution in [2.24, 2.45) is 0 Å². The highest BCUT2D eigenvalue weighted by atomic mass is 19.4. The topological polar surface area (TPSA) is 27.7 Å². The highest BCUT2D eigenvalue weighted by molar-refractivity contribution is 5.69. The molecule has 0 saturated heterocycles. The standard InChI is InChI=1S/C30H19F9O3/c1-40-15-27(35)28(36)17-4-2-16(3-5-17)18-6-7-19(23(31)10-18)14-41-21-8-9-22(24(32)13-21)20-11-25(33)29(26(34)12-20)42-30(37,38)39/h2-13H,14-15H2,1H3. The van der Waals surface area contributed by atoms with Gasteiger partial charge in [-0.3, -0.25) is 0 Å². The van der Waals surface area contributed by atoms with E-state index < -0.39 is 59.2 Å². The first kappa shape index (κ1) is 30.5. The lowest BCUT2D eigenvalue weighted by Gasteiger charge is -2.13. The Kier molecular flexibility index (Phi) is 9.15. The lowest BCUT2D eigenvalue weighted by Crippen LogP contribution is -2.19. The zero-order valence-corrected chi connectivity index (χ0v) is 21.5. The summed E-state index contributed by atoms with van der Waals surface area (Å²) in [7, 11) is 1.23. The Bertz CT molecular complexity index is 1590. The molecule has 0 saturated carbocycles. The molecule has 0 N–H and O–H groups in total. The van der Waals surface area contributed by atoms with Crippen LogP contribution in [0.5, 0.6) is 11.5 Å². The Hall–Kier alpha value is -4.45. The molecule has 0 heterocycles. The van der Waals surface area contributed by atoms with Crippen molar-refractivity contribution >= 4 is 5.83 Å². The smallest absolute Gasteiger partial charge is 0.489 e. The SMILES string of the molecule is COCC(F)=C(F)c1ccc(-c2ccc(COc3ccc(-c4cc(F)c(OC(F)(F)F)c(F)c4)c(F)c3)c(F)c2)cc1. The number of methoxy groups -OCH3 is 1. The fraction of sp³-hybridized carbons (Fsp3) is 0.133. The van der Waals surface area contributed by atoms with Gasteiger partial charge in [0.05, 0.1) is 0 Å². The van der Waals surface area contributed by atoms with Gasteiger partial charge in [0.1, 0.15) is 30.6 Å². The molecule has 220 valence electrons. The lowest BCUT2D eigenvalue weighted by molar-refractivity contribution is -0.276. The largest absolute Gasteiger partial charge is 0.573 e. The number of benzene rings is 4. The van der Waals surface area contributed by atoms with Crippen molar-refractivity contribution in [2.75, 3.05) is 13.7 Å². The van der Waals surface area contributed by atoms with Gasteiger partial charge < -0.3 is 14.2 Å². The minimum Gasteiger partial charge on any atom is -0.489 e. The zero-order chi connectivity index (χ0) is 30.6. The van der Waals surface area contributed by atoms with Gasteiger partial charge in [-0.1, -0.05) is 36.4 Å². The van der Waals surface area contributed by atoms with Gasteiger partial charge in [0.15, 0.2) is 23.3 Å². The average Bonchev–Trinajstić information content (AvgIpc) is 2.93. The molecule has 4 aromatic rings. The quantitative estimate of drug-likeness (QED) is 0.180. The summed E-state index contributed by atoms with van der Waals surface area (Å²) in [4.78, 5) is 0. The van der Waals surface area contributed by atoms with Crippen LogP contribution < -0.4 is 9.47 Å². The number of ether oxygens (including phenoxy) is 3. The van der Waals surface area contributed by atoms with E-state index in [1.165, 1.54) is 49.6 Å². The van der Waals surface area contributed by atoms with Crippen molar-refractivity contribution in [1.29, 1.82) is 0 Å². The fourth-order valence-corrected chi connectivity index (χ4v) is 3.91. The molecule has 0 aliphatic rings. The molecule has 3 nitrogen and oxygen atoms in total. The fourth-order valence-electron chi connectivity index (χ4n) is 3.91. The molecule has 0 aliphatic carbocycles. The van der Waals surface area contributed by atoms with Crippen molar-refractivity contribution in [3.63, 3.8) is 0 Å². The predicted molar refractivity (Wildman–Crippen MR) is 136 cm³/mol. The molecule has 0 radical (unpaired) electrons. The molecule has 0 amide bonds. The Morgan fingerprint density at radius 3 is 1.88 bits per heavy atom. The Balaban J connectivity index is 1.45. The third-order valence-electron chi connectivity index (χ3n) is 5.90. The first-order valence-electron chi connectivity index (χ1n) is 12.0. The first-order valence-corrected chi connectivity index (χ1v) is 12.0. The van der Waals surface area contributed by atoms with Crippen LogP contribution in [0.3, 0.4) is 0 Å². The molecular formula is C30H19F9O3. The molecule has 0 fully saturated rings. The van der Waals surface area contributed by atoms with Crippen LogP contribution in [0.2, 0.25) is 0 Å². The van der Waals surface area contributed by atoms with Crippen LogP contribution in [0.15, 0.2) is 78.6 Å². The van der Waals surface area contributed by atoms with Crippen LogP contribution in [-0.4, -0.2) is 20.1 Å². The van der Waals surface area contributed by atoms with Gasteiger partial charge in [-0.05, 0) is 47.0 Å². The van der Waals surface area contributed by atoms with Gasteiger partial charge >= 0.3 is 6.36 Å². The molecule has 0 unspecified atom stereocenters. The number of hydrogen-bond donors (Lipinski definition) is 0. The van der Waals surface area contributed by atoms with Gasteiger partial charge in [-0.25, -0.2) is 26.3 Å².